The van der Waals surface area contributed by atoms with Crippen molar-refractivity contribution in [1.82, 2.24) is 0 Å². The van der Waals surface area contributed by atoms with Gasteiger partial charge in [0, 0.05) is 19.3 Å². The highest BCUT2D eigenvalue weighted by molar-refractivity contribution is 5.67. The maximum absolute atomic E-state index is 10.5. The number of aliphatic carboxylic acids is 3. The smallest absolute Gasteiger partial charge is 0.303 e. The van der Waals surface area contributed by atoms with Crippen molar-refractivity contribution in [1.29, 1.82) is 0 Å². The SMILES string of the molecule is CCCCCCCCCCCCCCCCCCCCCCCCCCCCCCCC(=O)O.CCCCCCCCCCCCCCCCCCCCCCCCCCCCCCCC(=O)O.CCCCCCCCCCCCCCCCCCCCCCCCCCCCCCCC(=O)O.OCC(O)CO. The summed E-state index contributed by atoms with van der Waals surface area (Å²) in [5.41, 5.74) is 0. The quantitative estimate of drug-likeness (QED) is 0.0324. The molecule has 0 amide bonds. The first kappa shape index (κ1) is 113. The van der Waals surface area contributed by atoms with Gasteiger partial charge in [-0.2, -0.15) is 0 Å². The molecule has 0 atom stereocenters. The first-order chi connectivity index (χ1) is 53.1. The molecule has 650 valence electrons. The summed E-state index contributed by atoms with van der Waals surface area (Å²) in [6.45, 7) is 6.17. The number of carboxylic acids is 3. The molecular formula is C99H200O9. The number of carbonyl (C=O) groups is 3. The Morgan fingerprint density at radius 3 is 0.287 bits per heavy atom. The van der Waals surface area contributed by atoms with Gasteiger partial charge in [-0.3, -0.25) is 14.4 Å². The van der Waals surface area contributed by atoms with Crippen molar-refractivity contribution in [3.8, 4) is 0 Å². The summed E-state index contributed by atoms with van der Waals surface area (Å²) < 4.78 is 0. The van der Waals surface area contributed by atoms with Crippen molar-refractivity contribution in [3.05, 3.63) is 0 Å². The van der Waals surface area contributed by atoms with Crippen LogP contribution in [0.25, 0.3) is 0 Å². The van der Waals surface area contributed by atoms with Gasteiger partial charge in [-0.25, -0.2) is 0 Å². The highest BCUT2D eigenvalue weighted by atomic mass is 16.4. The lowest BCUT2D eigenvalue weighted by atomic mass is 10.0. The predicted molar refractivity (Wildman–Crippen MR) is 476 cm³/mol. The second-order valence-electron chi connectivity index (χ2n) is 34.1. The molecule has 6 N–H and O–H groups in total. The molecule has 0 radical (unpaired) electrons. The van der Waals surface area contributed by atoms with E-state index in [4.69, 9.17) is 30.6 Å². The Balaban J connectivity index is -0.000000721. The first-order valence-electron chi connectivity index (χ1n) is 49.7. The van der Waals surface area contributed by atoms with Crippen LogP contribution in [0.3, 0.4) is 0 Å². The largest absolute Gasteiger partial charge is 0.481 e. The van der Waals surface area contributed by atoms with Gasteiger partial charge >= 0.3 is 17.9 Å². The summed E-state index contributed by atoms with van der Waals surface area (Å²) in [6, 6.07) is 0. The van der Waals surface area contributed by atoms with Crippen molar-refractivity contribution in [3.63, 3.8) is 0 Å². The Bertz CT molecular complexity index is 1400. The monoisotopic (exact) mass is 1530 g/mol. The third-order valence-corrected chi connectivity index (χ3v) is 22.9. The summed E-state index contributed by atoms with van der Waals surface area (Å²) in [6.07, 6.45) is 122. The van der Waals surface area contributed by atoms with E-state index >= 15 is 0 Å². The van der Waals surface area contributed by atoms with E-state index in [-0.39, 0.29) is 13.2 Å². The maximum atomic E-state index is 10.5. The van der Waals surface area contributed by atoms with Crippen LogP contribution in [0.1, 0.15) is 599 Å². The van der Waals surface area contributed by atoms with E-state index in [1.165, 1.54) is 520 Å². The second-order valence-corrected chi connectivity index (χ2v) is 34.1. The first-order valence-corrected chi connectivity index (χ1v) is 49.7. The average molecular weight is 1530 g/mol. The van der Waals surface area contributed by atoms with Crippen molar-refractivity contribution in [2.24, 2.45) is 0 Å². The van der Waals surface area contributed by atoms with Gasteiger partial charge in [0.05, 0.1) is 13.2 Å². The fourth-order valence-corrected chi connectivity index (χ4v) is 15.4. The van der Waals surface area contributed by atoms with Gasteiger partial charge in [0.2, 0.25) is 0 Å². The van der Waals surface area contributed by atoms with Crippen molar-refractivity contribution in [2.45, 2.75) is 605 Å². The average Bonchev–Trinajstić information content (AvgIpc) is 3.69. The van der Waals surface area contributed by atoms with E-state index < -0.39 is 24.0 Å². The highest BCUT2D eigenvalue weighted by Crippen LogP contribution is 2.22. The van der Waals surface area contributed by atoms with Crippen LogP contribution >= 0.6 is 0 Å². The number of hydrogen-bond donors (Lipinski definition) is 6. The summed E-state index contributed by atoms with van der Waals surface area (Å²) in [7, 11) is 0. The van der Waals surface area contributed by atoms with Gasteiger partial charge in [-0.1, -0.05) is 560 Å². The molecule has 0 rings (SSSR count). The fourth-order valence-electron chi connectivity index (χ4n) is 15.4. The Kier molecular flexibility index (Phi) is 114. The predicted octanol–water partition coefficient (Wildman–Crippen LogP) is 33.7. The van der Waals surface area contributed by atoms with Crippen LogP contribution in [0.4, 0.5) is 0 Å². The van der Waals surface area contributed by atoms with Crippen LogP contribution in [0.2, 0.25) is 0 Å². The van der Waals surface area contributed by atoms with E-state index in [1.54, 1.807) is 0 Å². The molecule has 0 aliphatic heterocycles. The summed E-state index contributed by atoms with van der Waals surface area (Å²) >= 11 is 0. The molecule has 0 aromatic heterocycles. The molecule has 0 spiro atoms. The normalized spacial score (nSPS) is 11.2. The third-order valence-electron chi connectivity index (χ3n) is 22.9. The summed E-state index contributed by atoms with van der Waals surface area (Å²) in [5, 5.41) is 49.9. The highest BCUT2D eigenvalue weighted by Gasteiger charge is 2.04. The van der Waals surface area contributed by atoms with Crippen LogP contribution in [-0.4, -0.2) is 67.9 Å². The molecule has 9 heteroatoms. The van der Waals surface area contributed by atoms with E-state index in [1.807, 2.05) is 0 Å². The van der Waals surface area contributed by atoms with E-state index in [0.29, 0.717) is 19.3 Å². The zero-order valence-electron chi connectivity index (χ0n) is 74.0. The Morgan fingerprint density at radius 2 is 0.231 bits per heavy atom. The van der Waals surface area contributed by atoms with Crippen LogP contribution < -0.4 is 0 Å². The molecule has 0 aromatic carbocycles. The van der Waals surface area contributed by atoms with Gasteiger partial charge in [-0.15, -0.1) is 0 Å². The molecule has 108 heavy (non-hydrogen) atoms. The van der Waals surface area contributed by atoms with Gasteiger partial charge < -0.3 is 30.6 Å². The second kappa shape index (κ2) is 109. The maximum Gasteiger partial charge on any atom is 0.303 e. The Morgan fingerprint density at radius 1 is 0.157 bits per heavy atom. The molecular weight excluding hydrogens is 1330 g/mol. The Hall–Kier alpha value is -1.71. The van der Waals surface area contributed by atoms with Crippen LogP contribution in [0.5, 0.6) is 0 Å². The minimum absolute atomic E-state index is 0.347. The zero-order chi connectivity index (χ0) is 79.4. The van der Waals surface area contributed by atoms with Crippen molar-refractivity contribution < 1.29 is 45.0 Å². The summed E-state index contributed by atoms with van der Waals surface area (Å²) in [4.78, 5) is 31.4. The van der Waals surface area contributed by atoms with Gasteiger partial charge in [0.1, 0.15) is 6.10 Å². The molecule has 0 fully saturated rings. The molecule has 0 saturated carbocycles. The molecule has 0 saturated heterocycles. The van der Waals surface area contributed by atoms with Crippen LogP contribution in [-0.2, 0) is 14.4 Å². The molecule has 0 aromatic rings. The van der Waals surface area contributed by atoms with Crippen LogP contribution in [0, 0.1) is 0 Å². The molecule has 0 heterocycles. The number of aliphatic hydroxyl groups is 3. The van der Waals surface area contributed by atoms with Crippen molar-refractivity contribution >= 4 is 17.9 Å². The standard InChI is InChI=1S/3C32H64O2.C3H8O3/c3*1-2-3-4-5-6-7-8-9-10-11-12-13-14-15-16-17-18-19-20-21-22-23-24-25-26-27-28-29-30-31-32(33)34;4-1-3(6)2-5/h3*2-31H2,1H3,(H,33,34);3-6H,1-2H2. The molecule has 0 aliphatic rings. The lowest BCUT2D eigenvalue weighted by Crippen LogP contribution is -2.15. The molecule has 0 unspecified atom stereocenters. The minimum atomic E-state index is -0.954. The van der Waals surface area contributed by atoms with E-state index in [9.17, 15) is 14.4 Å². The van der Waals surface area contributed by atoms with Gasteiger partial charge in [-0.05, 0) is 19.3 Å². The fraction of sp³-hybridized carbons (Fsp3) is 0.970. The third kappa shape index (κ3) is 123. The minimum Gasteiger partial charge on any atom is -0.481 e. The summed E-state index contributed by atoms with van der Waals surface area (Å²) in [5.74, 6) is -1.94. The van der Waals surface area contributed by atoms with Gasteiger partial charge in [0.15, 0.2) is 0 Å². The zero-order valence-corrected chi connectivity index (χ0v) is 74.0. The topological polar surface area (TPSA) is 173 Å². The molecule has 0 aliphatic carbocycles. The molecule has 9 nitrogen and oxygen atoms in total. The number of rotatable bonds is 92. The molecule has 0 bridgehead atoms. The lowest BCUT2D eigenvalue weighted by Gasteiger charge is -2.04. The van der Waals surface area contributed by atoms with E-state index in [2.05, 4.69) is 20.8 Å². The Labute approximate surface area is 677 Å². The number of hydrogen-bond acceptors (Lipinski definition) is 6. The van der Waals surface area contributed by atoms with Gasteiger partial charge in [0.25, 0.3) is 0 Å². The number of carboxylic acid groups (broad SMARTS) is 3. The van der Waals surface area contributed by atoms with Crippen molar-refractivity contribution in [2.75, 3.05) is 13.2 Å². The number of aliphatic hydroxyl groups excluding tert-OH is 3. The number of unbranched alkanes of at least 4 members (excludes halogenated alkanes) is 84. The van der Waals surface area contributed by atoms with E-state index in [0.717, 1.165) is 38.5 Å². The lowest BCUT2D eigenvalue weighted by molar-refractivity contribution is -0.138. The van der Waals surface area contributed by atoms with Crippen LogP contribution in [0.15, 0.2) is 0 Å².